The van der Waals surface area contributed by atoms with E-state index in [4.69, 9.17) is 4.74 Å². The first-order chi connectivity index (χ1) is 9.11. The number of hydrogen-bond acceptors (Lipinski definition) is 3. The standard InChI is InChI=1S/C14H20N2O3/c1-11(17)15-7-4-8-16-14(18)10-12-5-3-6-13(9-12)19-2/h3,5-6,9H,4,7-8,10H2,1-2H3,(H,15,17)(H,16,18). The SMILES string of the molecule is COc1cccc(CC(=O)NCCCNC(C)=O)c1. The minimum atomic E-state index is -0.0530. The Morgan fingerprint density at radius 2 is 1.95 bits per heavy atom. The number of hydrogen-bond donors (Lipinski definition) is 2. The molecule has 19 heavy (non-hydrogen) atoms. The normalized spacial score (nSPS) is 9.79. The van der Waals surface area contributed by atoms with Crippen LogP contribution in [0, 0.1) is 0 Å². The van der Waals surface area contributed by atoms with Gasteiger partial charge in [0.05, 0.1) is 13.5 Å². The van der Waals surface area contributed by atoms with Crippen molar-refractivity contribution in [2.75, 3.05) is 20.2 Å². The molecule has 5 nitrogen and oxygen atoms in total. The van der Waals surface area contributed by atoms with Crippen LogP contribution in [0.1, 0.15) is 18.9 Å². The quantitative estimate of drug-likeness (QED) is 0.718. The summed E-state index contributed by atoms with van der Waals surface area (Å²) in [6.07, 6.45) is 1.06. The van der Waals surface area contributed by atoms with Crippen molar-refractivity contribution < 1.29 is 14.3 Å². The largest absolute Gasteiger partial charge is 0.497 e. The summed E-state index contributed by atoms with van der Waals surface area (Å²) in [6.45, 7) is 2.61. The fourth-order valence-corrected chi connectivity index (χ4v) is 1.61. The van der Waals surface area contributed by atoms with E-state index in [-0.39, 0.29) is 11.8 Å². The van der Waals surface area contributed by atoms with Crippen LogP contribution in [0.5, 0.6) is 5.75 Å². The van der Waals surface area contributed by atoms with Crippen molar-refractivity contribution in [2.45, 2.75) is 19.8 Å². The molecule has 0 aliphatic carbocycles. The van der Waals surface area contributed by atoms with Gasteiger partial charge in [0.2, 0.25) is 11.8 Å². The van der Waals surface area contributed by atoms with Crippen LogP contribution < -0.4 is 15.4 Å². The number of benzene rings is 1. The monoisotopic (exact) mass is 264 g/mol. The van der Waals surface area contributed by atoms with E-state index < -0.39 is 0 Å². The molecule has 0 saturated heterocycles. The molecule has 0 aromatic heterocycles. The summed E-state index contributed by atoms with van der Waals surface area (Å²) in [5.41, 5.74) is 0.915. The summed E-state index contributed by atoms with van der Waals surface area (Å²) in [5, 5.41) is 5.49. The van der Waals surface area contributed by atoms with Gasteiger partial charge < -0.3 is 15.4 Å². The summed E-state index contributed by atoms with van der Waals surface area (Å²) in [7, 11) is 1.60. The highest BCUT2D eigenvalue weighted by atomic mass is 16.5. The minimum absolute atomic E-state index is 0.0314. The maximum absolute atomic E-state index is 11.7. The topological polar surface area (TPSA) is 67.4 Å². The molecule has 2 amide bonds. The molecule has 0 atom stereocenters. The van der Waals surface area contributed by atoms with Crippen molar-refractivity contribution in [3.63, 3.8) is 0 Å². The lowest BCUT2D eigenvalue weighted by Crippen LogP contribution is -2.29. The van der Waals surface area contributed by atoms with E-state index >= 15 is 0 Å². The minimum Gasteiger partial charge on any atom is -0.497 e. The summed E-state index contributed by atoms with van der Waals surface area (Å²) >= 11 is 0. The highest BCUT2D eigenvalue weighted by molar-refractivity contribution is 5.78. The zero-order valence-corrected chi connectivity index (χ0v) is 11.4. The van der Waals surface area contributed by atoms with Crippen molar-refractivity contribution >= 4 is 11.8 Å². The van der Waals surface area contributed by atoms with Crippen LogP contribution in [0.25, 0.3) is 0 Å². The molecule has 1 aromatic carbocycles. The third-order valence-corrected chi connectivity index (χ3v) is 2.55. The summed E-state index contributed by atoms with van der Waals surface area (Å²) < 4.78 is 5.10. The Hall–Kier alpha value is -2.04. The predicted molar refractivity (Wildman–Crippen MR) is 73.0 cm³/mol. The molecule has 0 radical (unpaired) electrons. The molecule has 104 valence electrons. The van der Waals surface area contributed by atoms with Gasteiger partial charge in [-0.05, 0) is 24.1 Å². The summed E-state index contributed by atoms with van der Waals surface area (Å²) in [4.78, 5) is 22.3. The molecule has 0 heterocycles. The Balaban J connectivity index is 2.25. The molecule has 5 heteroatoms. The van der Waals surface area contributed by atoms with E-state index in [2.05, 4.69) is 10.6 Å². The van der Waals surface area contributed by atoms with Gasteiger partial charge >= 0.3 is 0 Å². The van der Waals surface area contributed by atoms with Crippen LogP contribution in [0.4, 0.5) is 0 Å². The molecule has 0 aliphatic heterocycles. The molecule has 2 N–H and O–H groups in total. The third-order valence-electron chi connectivity index (χ3n) is 2.55. The van der Waals surface area contributed by atoms with E-state index in [1.165, 1.54) is 6.92 Å². The molecule has 1 rings (SSSR count). The Bertz CT molecular complexity index is 432. The Labute approximate surface area is 113 Å². The van der Waals surface area contributed by atoms with Crippen molar-refractivity contribution in [1.82, 2.24) is 10.6 Å². The molecular weight excluding hydrogens is 244 g/mol. The number of carbonyl (C=O) groups is 2. The van der Waals surface area contributed by atoms with Crippen LogP contribution in [0.3, 0.4) is 0 Å². The van der Waals surface area contributed by atoms with Gasteiger partial charge in [-0.25, -0.2) is 0 Å². The van der Waals surface area contributed by atoms with Crippen LogP contribution in [0.2, 0.25) is 0 Å². The Morgan fingerprint density at radius 1 is 1.21 bits per heavy atom. The lowest BCUT2D eigenvalue weighted by Gasteiger charge is -2.07. The molecule has 1 aromatic rings. The predicted octanol–water partition coefficient (Wildman–Crippen LogP) is 0.880. The van der Waals surface area contributed by atoms with Crippen molar-refractivity contribution in [1.29, 1.82) is 0 Å². The van der Waals surface area contributed by atoms with Crippen LogP contribution in [0.15, 0.2) is 24.3 Å². The first-order valence-corrected chi connectivity index (χ1v) is 6.26. The lowest BCUT2D eigenvalue weighted by molar-refractivity contribution is -0.120. The first kappa shape index (κ1) is 15.0. The molecule has 0 saturated carbocycles. The maximum atomic E-state index is 11.7. The number of rotatable bonds is 7. The average Bonchev–Trinajstić information content (AvgIpc) is 2.38. The molecule has 0 bridgehead atoms. The lowest BCUT2D eigenvalue weighted by atomic mass is 10.1. The van der Waals surface area contributed by atoms with E-state index in [0.29, 0.717) is 19.5 Å². The summed E-state index contributed by atoms with van der Waals surface area (Å²) in [5.74, 6) is 0.662. The smallest absolute Gasteiger partial charge is 0.224 e. The number of amides is 2. The van der Waals surface area contributed by atoms with Crippen LogP contribution in [-0.4, -0.2) is 32.0 Å². The van der Waals surface area contributed by atoms with Crippen LogP contribution >= 0.6 is 0 Å². The highest BCUT2D eigenvalue weighted by Gasteiger charge is 2.03. The highest BCUT2D eigenvalue weighted by Crippen LogP contribution is 2.12. The number of ether oxygens (including phenoxy) is 1. The van der Waals surface area contributed by atoms with Gasteiger partial charge in [-0.3, -0.25) is 9.59 Å². The molecule has 0 unspecified atom stereocenters. The van der Waals surface area contributed by atoms with E-state index in [1.54, 1.807) is 7.11 Å². The molecule has 0 fully saturated rings. The summed E-state index contributed by atoms with van der Waals surface area (Å²) in [6, 6.07) is 7.43. The second-order valence-corrected chi connectivity index (χ2v) is 4.21. The number of carbonyl (C=O) groups excluding carboxylic acids is 2. The van der Waals surface area contributed by atoms with Gasteiger partial charge in [-0.15, -0.1) is 0 Å². The average molecular weight is 264 g/mol. The first-order valence-electron chi connectivity index (χ1n) is 6.26. The molecular formula is C14H20N2O3. The molecule has 0 aliphatic rings. The Kier molecular flexibility index (Phi) is 6.43. The second kappa shape index (κ2) is 8.13. The van der Waals surface area contributed by atoms with Gasteiger partial charge in [0, 0.05) is 20.0 Å². The Morgan fingerprint density at radius 3 is 2.63 bits per heavy atom. The van der Waals surface area contributed by atoms with E-state index in [9.17, 15) is 9.59 Å². The number of nitrogens with one attached hydrogen (secondary N) is 2. The van der Waals surface area contributed by atoms with Gasteiger partial charge in [0.25, 0.3) is 0 Å². The van der Waals surface area contributed by atoms with Gasteiger partial charge in [-0.1, -0.05) is 12.1 Å². The van der Waals surface area contributed by atoms with Gasteiger partial charge in [-0.2, -0.15) is 0 Å². The maximum Gasteiger partial charge on any atom is 0.224 e. The fourth-order valence-electron chi connectivity index (χ4n) is 1.61. The zero-order valence-electron chi connectivity index (χ0n) is 11.4. The van der Waals surface area contributed by atoms with E-state index in [0.717, 1.165) is 17.7 Å². The van der Waals surface area contributed by atoms with E-state index in [1.807, 2.05) is 24.3 Å². The van der Waals surface area contributed by atoms with Crippen LogP contribution in [-0.2, 0) is 16.0 Å². The van der Waals surface area contributed by atoms with Crippen molar-refractivity contribution in [3.8, 4) is 5.75 Å². The number of methoxy groups -OCH3 is 1. The zero-order chi connectivity index (χ0) is 14.1. The van der Waals surface area contributed by atoms with Gasteiger partial charge in [0.1, 0.15) is 5.75 Å². The second-order valence-electron chi connectivity index (χ2n) is 4.21. The fraction of sp³-hybridized carbons (Fsp3) is 0.429. The van der Waals surface area contributed by atoms with Crippen molar-refractivity contribution in [3.05, 3.63) is 29.8 Å². The molecule has 0 spiro atoms. The third kappa shape index (κ3) is 6.45. The van der Waals surface area contributed by atoms with Crippen molar-refractivity contribution in [2.24, 2.45) is 0 Å². The van der Waals surface area contributed by atoms with Gasteiger partial charge in [0.15, 0.2) is 0 Å².